The highest BCUT2D eigenvalue weighted by molar-refractivity contribution is 6.31. The second kappa shape index (κ2) is 7.41. The topological polar surface area (TPSA) is 65.1 Å². The number of rotatable bonds is 7. The molecule has 114 valence electrons. The molecule has 0 radical (unpaired) electrons. The van der Waals surface area contributed by atoms with E-state index in [0.717, 1.165) is 61.9 Å². The average molecular weight is 301 g/mol. The predicted molar refractivity (Wildman–Crippen MR) is 80.6 cm³/mol. The SMILES string of the molecule is CCc1nn(CC)c(CC(CC2CCOC2)NN)c1Cl. The fourth-order valence-electron chi connectivity index (χ4n) is 2.83. The van der Waals surface area contributed by atoms with Gasteiger partial charge in [-0.25, -0.2) is 0 Å². The Balaban J connectivity index is 2.07. The van der Waals surface area contributed by atoms with Crippen LogP contribution in [0.3, 0.4) is 0 Å². The van der Waals surface area contributed by atoms with E-state index in [-0.39, 0.29) is 6.04 Å². The third-order valence-electron chi connectivity index (χ3n) is 4.01. The molecule has 5 nitrogen and oxygen atoms in total. The third kappa shape index (κ3) is 3.52. The Morgan fingerprint density at radius 1 is 1.55 bits per heavy atom. The molecule has 1 aliphatic rings. The van der Waals surface area contributed by atoms with Crippen LogP contribution in [-0.4, -0.2) is 29.0 Å². The Labute approximate surface area is 125 Å². The van der Waals surface area contributed by atoms with E-state index in [4.69, 9.17) is 22.2 Å². The summed E-state index contributed by atoms with van der Waals surface area (Å²) in [4.78, 5) is 0. The maximum atomic E-state index is 6.45. The van der Waals surface area contributed by atoms with Gasteiger partial charge >= 0.3 is 0 Å². The molecule has 3 N–H and O–H groups in total. The number of nitrogens with two attached hydrogens (primary N) is 1. The molecule has 1 saturated heterocycles. The molecule has 1 aromatic heterocycles. The lowest BCUT2D eigenvalue weighted by Gasteiger charge is -2.19. The van der Waals surface area contributed by atoms with Crippen molar-refractivity contribution in [2.24, 2.45) is 11.8 Å². The molecule has 0 saturated carbocycles. The van der Waals surface area contributed by atoms with Crippen molar-refractivity contribution in [1.82, 2.24) is 15.2 Å². The summed E-state index contributed by atoms with van der Waals surface area (Å²) in [5, 5.41) is 5.36. The first-order chi connectivity index (χ1) is 9.69. The first kappa shape index (κ1) is 15.8. The van der Waals surface area contributed by atoms with Crippen molar-refractivity contribution in [2.75, 3.05) is 13.2 Å². The smallest absolute Gasteiger partial charge is 0.0850 e. The molecule has 1 aliphatic heterocycles. The van der Waals surface area contributed by atoms with Crippen LogP contribution in [-0.2, 0) is 24.1 Å². The number of hydrogen-bond donors (Lipinski definition) is 2. The summed E-state index contributed by atoms with van der Waals surface area (Å²) in [6.07, 6.45) is 3.81. The molecule has 6 heteroatoms. The van der Waals surface area contributed by atoms with E-state index < -0.39 is 0 Å². The molecule has 0 aromatic carbocycles. The van der Waals surface area contributed by atoms with Gasteiger partial charge in [-0.2, -0.15) is 5.10 Å². The highest BCUT2D eigenvalue weighted by Crippen LogP contribution is 2.25. The molecule has 20 heavy (non-hydrogen) atoms. The van der Waals surface area contributed by atoms with Crippen LogP contribution in [0.4, 0.5) is 0 Å². The predicted octanol–water partition coefficient (Wildman–Crippen LogP) is 1.92. The standard InChI is InChI=1S/C14H25ClN4O/c1-3-12-14(15)13(19(4-2)18-12)8-11(17-16)7-10-5-6-20-9-10/h10-11,17H,3-9,16H2,1-2H3. The van der Waals surface area contributed by atoms with E-state index in [1.54, 1.807) is 0 Å². The van der Waals surface area contributed by atoms with E-state index in [0.29, 0.717) is 5.92 Å². The molecule has 2 rings (SSSR count). The monoisotopic (exact) mass is 300 g/mol. The van der Waals surface area contributed by atoms with Gasteiger partial charge in [0, 0.05) is 32.2 Å². The molecule has 2 atom stereocenters. The summed E-state index contributed by atoms with van der Waals surface area (Å²) >= 11 is 6.45. The van der Waals surface area contributed by atoms with Crippen LogP contribution >= 0.6 is 11.6 Å². The van der Waals surface area contributed by atoms with Gasteiger partial charge < -0.3 is 4.74 Å². The van der Waals surface area contributed by atoms with Gasteiger partial charge in [0.2, 0.25) is 0 Å². The Kier molecular flexibility index (Phi) is 5.84. The molecule has 1 aromatic rings. The normalized spacial score (nSPS) is 20.5. The van der Waals surface area contributed by atoms with Gasteiger partial charge in [-0.05, 0) is 32.1 Å². The summed E-state index contributed by atoms with van der Waals surface area (Å²) in [7, 11) is 0. The van der Waals surface area contributed by atoms with Crippen molar-refractivity contribution in [3.8, 4) is 0 Å². The zero-order chi connectivity index (χ0) is 14.5. The second-order valence-corrected chi connectivity index (χ2v) is 5.79. The molecule has 0 aliphatic carbocycles. The first-order valence-electron chi connectivity index (χ1n) is 7.47. The quantitative estimate of drug-likeness (QED) is 0.596. The highest BCUT2D eigenvalue weighted by Gasteiger charge is 2.23. The summed E-state index contributed by atoms with van der Waals surface area (Å²) in [6, 6.07) is 0.214. The van der Waals surface area contributed by atoms with Crippen molar-refractivity contribution in [3.63, 3.8) is 0 Å². The van der Waals surface area contributed by atoms with Gasteiger partial charge in [0.15, 0.2) is 0 Å². The first-order valence-corrected chi connectivity index (χ1v) is 7.85. The Morgan fingerprint density at radius 2 is 2.35 bits per heavy atom. The van der Waals surface area contributed by atoms with Crippen LogP contribution in [0.15, 0.2) is 0 Å². The minimum absolute atomic E-state index is 0.214. The maximum Gasteiger partial charge on any atom is 0.0850 e. The summed E-state index contributed by atoms with van der Waals surface area (Å²) < 4.78 is 7.43. The fourth-order valence-corrected chi connectivity index (χ4v) is 3.17. The van der Waals surface area contributed by atoms with Crippen molar-refractivity contribution in [1.29, 1.82) is 0 Å². The average Bonchev–Trinajstić information content (AvgIpc) is 3.07. The summed E-state index contributed by atoms with van der Waals surface area (Å²) in [5.74, 6) is 6.31. The third-order valence-corrected chi connectivity index (χ3v) is 4.45. The van der Waals surface area contributed by atoms with Gasteiger partial charge in [0.25, 0.3) is 0 Å². The lowest BCUT2D eigenvalue weighted by molar-refractivity contribution is 0.181. The molecular weight excluding hydrogens is 276 g/mol. The minimum atomic E-state index is 0.214. The fraction of sp³-hybridized carbons (Fsp3) is 0.786. The van der Waals surface area contributed by atoms with Crippen molar-refractivity contribution >= 4 is 11.6 Å². The largest absolute Gasteiger partial charge is 0.381 e. The molecule has 1 fully saturated rings. The number of hydrazine groups is 1. The zero-order valence-electron chi connectivity index (χ0n) is 12.4. The number of aryl methyl sites for hydroxylation is 2. The van der Waals surface area contributed by atoms with E-state index in [1.165, 1.54) is 0 Å². The Morgan fingerprint density at radius 3 is 2.90 bits per heavy atom. The van der Waals surface area contributed by atoms with Crippen LogP contribution in [0.25, 0.3) is 0 Å². The van der Waals surface area contributed by atoms with Crippen LogP contribution < -0.4 is 11.3 Å². The lowest BCUT2D eigenvalue weighted by atomic mass is 9.96. The van der Waals surface area contributed by atoms with Gasteiger partial charge in [-0.3, -0.25) is 16.0 Å². The zero-order valence-corrected chi connectivity index (χ0v) is 13.1. The highest BCUT2D eigenvalue weighted by atomic mass is 35.5. The molecule has 2 heterocycles. The van der Waals surface area contributed by atoms with Gasteiger partial charge in [-0.15, -0.1) is 0 Å². The number of aromatic nitrogens is 2. The molecule has 2 unspecified atom stereocenters. The van der Waals surface area contributed by atoms with Crippen molar-refractivity contribution in [2.45, 2.75) is 52.1 Å². The summed E-state index contributed by atoms with van der Waals surface area (Å²) in [5.41, 5.74) is 4.99. The van der Waals surface area contributed by atoms with Crippen LogP contribution in [0, 0.1) is 5.92 Å². The van der Waals surface area contributed by atoms with Crippen molar-refractivity contribution in [3.05, 3.63) is 16.4 Å². The van der Waals surface area contributed by atoms with Gasteiger partial charge in [0.05, 0.1) is 16.4 Å². The van der Waals surface area contributed by atoms with Gasteiger partial charge in [-0.1, -0.05) is 18.5 Å². The molecule has 0 amide bonds. The summed E-state index contributed by atoms with van der Waals surface area (Å²) in [6.45, 7) is 6.71. The number of nitrogens with zero attached hydrogens (tertiary/aromatic N) is 2. The van der Waals surface area contributed by atoms with E-state index in [1.807, 2.05) is 4.68 Å². The lowest BCUT2D eigenvalue weighted by Crippen LogP contribution is -2.39. The van der Waals surface area contributed by atoms with E-state index in [9.17, 15) is 0 Å². The van der Waals surface area contributed by atoms with E-state index in [2.05, 4.69) is 24.4 Å². The van der Waals surface area contributed by atoms with Gasteiger partial charge in [0.1, 0.15) is 0 Å². The molecular formula is C14H25ClN4O. The van der Waals surface area contributed by atoms with Crippen LogP contribution in [0.5, 0.6) is 0 Å². The van der Waals surface area contributed by atoms with Crippen molar-refractivity contribution < 1.29 is 4.74 Å². The molecule has 0 bridgehead atoms. The number of nitrogens with one attached hydrogen (secondary N) is 1. The number of ether oxygens (including phenoxy) is 1. The Bertz CT molecular complexity index is 429. The van der Waals surface area contributed by atoms with Crippen LogP contribution in [0.2, 0.25) is 5.02 Å². The van der Waals surface area contributed by atoms with Crippen LogP contribution in [0.1, 0.15) is 38.1 Å². The second-order valence-electron chi connectivity index (χ2n) is 5.41. The Hall–Kier alpha value is -0.620. The minimum Gasteiger partial charge on any atom is -0.381 e. The maximum absolute atomic E-state index is 6.45. The molecule has 0 spiro atoms. The number of hydrogen-bond acceptors (Lipinski definition) is 4. The number of halogens is 1. The van der Waals surface area contributed by atoms with E-state index >= 15 is 0 Å².